The first kappa shape index (κ1) is 23.5. The molecule has 0 unspecified atom stereocenters. The van der Waals surface area contributed by atoms with Gasteiger partial charge in [0.05, 0.1) is 0 Å². The largest absolute Gasteiger partial charge is 0.508 e. The quantitative estimate of drug-likeness (QED) is 0.448. The number of benzene rings is 3. The summed E-state index contributed by atoms with van der Waals surface area (Å²) in [4.78, 5) is 2.46. The molecule has 3 aromatic rings. The van der Waals surface area contributed by atoms with Crippen molar-refractivity contribution in [1.82, 2.24) is 4.90 Å². The van der Waals surface area contributed by atoms with Crippen LogP contribution in [0.15, 0.2) is 60.7 Å². The minimum Gasteiger partial charge on any atom is -0.508 e. The molecular weight excluding hydrogens is 445 g/mol. The van der Waals surface area contributed by atoms with Crippen LogP contribution >= 0.6 is 0 Å². The van der Waals surface area contributed by atoms with Crippen LogP contribution in [0.25, 0.3) is 0 Å². The van der Waals surface area contributed by atoms with Crippen molar-refractivity contribution in [3.05, 3.63) is 83.2 Å². The molecule has 4 atom stereocenters. The van der Waals surface area contributed by atoms with E-state index in [2.05, 4.69) is 11.8 Å². The summed E-state index contributed by atoms with van der Waals surface area (Å²) in [6.45, 7) is 7.07. The number of hydrogen-bond acceptors (Lipinski definition) is 5. The van der Waals surface area contributed by atoms with Gasteiger partial charge < -0.3 is 19.7 Å². The molecule has 1 fully saturated rings. The number of fused-ring (bicyclic) bond motifs is 1. The molecule has 2 aliphatic rings. The van der Waals surface area contributed by atoms with Crippen LogP contribution in [0.5, 0.6) is 23.0 Å². The third kappa shape index (κ3) is 4.67. The van der Waals surface area contributed by atoms with E-state index < -0.39 is 5.82 Å². The van der Waals surface area contributed by atoms with Gasteiger partial charge in [-0.25, -0.2) is 4.39 Å². The summed E-state index contributed by atoms with van der Waals surface area (Å²) in [7, 11) is 0. The maximum atomic E-state index is 14.9. The third-order valence-corrected chi connectivity index (χ3v) is 7.44. The van der Waals surface area contributed by atoms with Crippen molar-refractivity contribution in [1.29, 1.82) is 0 Å². The van der Waals surface area contributed by atoms with E-state index >= 15 is 0 Å². The monoisotopic (exact) mass is 477 g/mol. The van der Waals surface area contributed by atoms with Crippen LogP contribution in [0.3, 0.4) is 0 Å². The number of ether oxygens (including phenoxy) is 2. The van der Waals surface area contributed by atoms with E-state index in [4.69, 9.17) is 9.47 Å². The van der Waals surface area contributed by atoms with Gasteiger partial charge in [-0.15, -0.1) is 0 Å². The Kier molecular flexibility index (Phi) is 6.56. The Morgan fingerprint density at radius 2 is 1.63 bits per heavy atom. The van der Waals surface area contributed by atoms with Crippen molar-refractivity contribution in [2.75, 3.05) is 19.7 Å². The van der Waals surface area contributed by atoms with Crippen LogP contribution < -0.4 is 9.47 Å². The molecule has 2 aliphatic heterocycles. The van der Waals surface area contributed by atoms with Crippen LogP contribution in [0.2, 0.25) is 0 Å². The number of halogens is 1. The summed E-state index contributed by atoms with van der Waals surface area (Å²) in [6.07, 6.45) is 2.14. The number of likely N-dealkylation sites (tertiary alicyclic amines) is 1. The number of aromatic hydroxyl groups is 2. The van der Waals surface area contributed by atoms with Crippen molar-refractivity contribution in [3.63, 3.8) is 0 Å². The lowest BCUT2D eigenvalue weighted by Crippen LogP contribution is -2.34. The molecule has 0 aliphatic carbocycles. The Hall–Kier alpha value is -3.25. The molecule has 1 saturated heterocycles. The summed E-state index contributed by atoms with van der Waals surface area (Å²) in [5, 5.41) is 19.8. The zero-order valence-electron chi connectivity index (χ0n) is 20.2. The van der Waals surface area contributed by atoms with Gasteiger partial charge in [0.1, 0.15) is 30.0 Å². The number of phenolic OH excluding ortho intramolecular Hbond substituents is 2. The van der Waals surface area contributed by atoms with Crippen LogP contribution in [-0.4, -0.2) is 40.9 Å². The molecule has 0 radical (unpaired) electrons. The molecule has 5 rings (SSSR count). The van der Waals surface area contributed by atoms with Crippen molar-refractivity contribution in [3.8, 4) is 23.0 Å². The Labute approximate surface area is 205 Å². The number of hydrogen-bond donors (Lipinski definition) is 2. The average molecular weight is 478 g/mol. The minimum absolute atomic E-state index is 0.170. The van der Waals surface area contributed by atoms with Gasteiger partial charge in [-0.2, -0.15) is 0 Å². The van der Waals surface area contributed by atoms with Gasteiger partial charge in [0.15, 0.2) is 11.6 Å². The Morgan fingerprint density at radius 1 is 0.971 bits per heavy atom. The molecule has 184 valence electrons. The lowest BCUT2D eigenvalue weighted by Gasteiger charge is -2.39. The lowest BCUT2D eigenvalue weighted by molar-refractivity contribution is 0.133. The summed E-state index contributed by atoms with van der Waals surface area (Å²) >= 11 is 0. The van der Waals surface area contributed by atoms with Gasteiger partial charge in [-0.05, 0) is 86.3 Å². The Balaban J connectivity index is 1.42. The van der Waals surface area contributed by atoms with Gasteiger partial charge in [0, 0.05) is 17.5 Å². The highest BCUT2D eigenvalue weighted by atomic mass is 19.1. The Morgan fingerprint density at radius 3 is 2.31 bits per heavy atom. The highest BCUT2D eigenvalue weighted by Gasteiger charge is 2.40. The molecule has 0 amide bonds. The second-order valence-electron chi connectivity index (χ2n) is 9.73. The average Bonchev–Trinajstić information content (AvgIpc) is 3.41. The third-order valence-electron chi connectivity index (χ3n) is 7.44. The predicted molar refractivity (Wildman–Crippen MR) is 133 cm³/mol. The first-order chi connectivity index (χ1) is 16.9. The van der Waals surface area contributed by atoms with E-state index in [0.717, 1.165) is 30.0 Å². The van der Waals surface area contributed by atoms with Crippen molar-refractivity contribution >= 4 is 0 Å². The van der Waals surface area contributed by atoms with E-state index in [9.17, 15) is 14.6 Å². The van der Waals surface area contributed by atoms with E-state index in [0.29, 0.717) is 24.0 Å². The summed E-state index contributed by atoms with van der Waals surface area (Å²) < 4.78 is 27.4. The van der Waals surface area contributed by atoms with E-state index in [1.807, 2.05) is 43.3 Å². The van der Waals surface area contributed by atoms with Crippen molar-refractivity contribution in [2.24, 2.45) is 0 Å². The van der Waals surface area contributed by atoms with E-state index in [1.165, 1.54) is 18.9 Å². The summed E-state index contributed by atoms with van der Waals surface area (Å²) in [5.74, 6) is -0.101. The normalized spacial score (nSPS) is 22.9. The van der Waals surface area contributed by atoms with E-state index in [1.54, 1.807) is 18.2 Å². The SMILES string of the molecule is C[C@@H]1c2c(ccc(O)c2F)O[C@@H](c2ccc(OC[C@H](C)N3CCCC3)cc2)[C@H]1c1ccc(O)cc1. The zero-order chi connectivity index (χ0) is 24.5. The molecule has 0 spiro atoms. The smallest absolute Gasteiger partial charge is 0.171 e. The molecule has 35 heavy (non-hydrogen) atoms. The molecule has 6 heteroatoms. The highest BCUT2D eigenvalue weighted by Crippen LogP contribution is 2.52. The maximum absolute atomic E-state index is 14.9. The van der Waals surface area contributed by atoms with Gasteiger partial charge in [0.25, 0.3) is 0 Å². The minimum atomic E-state index is -0.645. The Bertz CT molecular complexity index is 1160. The van der Waals surface area contributed by atoms with Gasteiger partial charge >= 0.3 is 0 Å². The van der Waals surface area contributed by atoms with Gasteiger partial charge in [-0.3, -0.25) is 4.90 Å². The molecule has 5 nitrogen and oxygen atoms in total. The second kappa shape index (κ2) is 9.78. The topological polar surface area (TPSA) is 62.2 Å². The maximum Gasteiger partial charge on any atom is 0.171 e. The van der Waals surface area contributed by atoms with Crippen LogP contribution in [0, 0.1) is 5.82 Å². The molecule has 0 saturated carbocycles. The number of rotatable bonds is 6. The molecule has 2 heterocycles. The van der Waals surface area contributed by atoms with Crippen LogP contribution in [-0.2, 0) is 0 Å². The fraction of sp³-hybridized carbons (Fsp3) is 0.379. The van der Waals surface area contributed by atoms with Crippen molar-refractivity contribution < 1.29 is 24.1 Å². The fourth-order valence-electron chi connectivity index (χ4n) is 5.44. The zero-order valence-corrected chi connectivity index (χ0v) is 20.2. The van der Waals surface area contributed by atoms with Crippen LogP contribution in [0.1, 0.15) is 61.3 Å². The summed E-state index contributed by atoms with van der Waals surface area (Å²) in [6, 6.07) is 18.2. The summed E-state index contributed by atoms with van der Waals surface area (Å²) in [5.41, 5.74) is 2.25. The first-order valence-electron chi connectivity index (χ1n) is 12.4. The van der Waals surface area contributed by atoms with Gasteiger partial charge in [-0.1, -0.05) is 31.2 Å². The fourth-order valence-corrected chi connectivity index (χ4v) is 5.44. The van der Waals surface area contributed by atoms with Crippen LogP contribution in [0.4, 0.5) is 4.39 Å². The van der Waals surface area contributed by atoms with Crippen molar-refractivity contribution in [2.45, 2.75) is 50.7 Å². The highest BCUT2D eigenvalue weighted by molar-refractivity contribution is 5.49. The number of nitrogens with zero attached hydrogens (tertiary/aromatic N) is 1. The molecule has 2 N–H and O–H groups in total. The predicted octanol–water partition coefficient (Wildman–Crippen LogP) is 6.12. The molecule has 0 aromatic heterocycles. The standard InChI is InChI=1S/C29H32FNO4/c1-18(31-15-3-4-16-31)17-34-23-11-7-21(8-12-23)29-26(20-5-9-22(32)10-6-20)19(2)27-25(35-29)14-13-24(33)28(27)30/h5-14,18-19,26,29,32-33H,3-4,15-17H2,1-2H3/t18-,19-,26+,29-/m0/s1. The lowest BCUT2D eigenvalue weighted by atomic mass is 9.75. The first-order valence-corrected chi connectivity index (χ1v) is 12.4. The molecule has 0 bridgehead atoms. The molecular formula is C29H32FNO4. The van der Waals surface area contributed by atoms with Gasteiger partial charge in [0.2, 0.25) is 0 Å². The molecule has 3 aromatic carbocycles. The second-order valence-corrected chi connectivity index (χ2v) is 9.73. The van der Waals surface area contributed by atoms with E-state index in [-0.39, 0.29) is 29.4 Å². The number of phenols is 2.